The number of carbonyl (C=O) groups is 1. The maximum Gasteiger partial charge on any atom is 0.258 e. The van der Waals surface area contributed by atoms with Gasteiger partial charge < -0.3 is 9.88 Å². The normalized spacial score (nSPS) is 11.4. The van der Waals surface area contributed by atoms with Crippen molar-refractivity contribution < 1.29 is 4.79 Å². The molecule has 4 aromatic rings. The van der Waals surface area contributed by atoms with E-state index in [9.17, 15) is 9.59 Å². The Labute approximate surface area is 197 Å². The molecule has 176 valence electrons. The molecular formula is C25H29N7O2. The summed E-state index contributed by atoms with van der Waals surface area (Å²) in [6.07, 6.45) is 0.179. The third-order valence-corrected chi connectivity index (χ3v) is 5.85. The van der Waals surface area contributed by atoms with Gasteiger partial charge in [-0.25, -0.2) is 19.6 Å². The number of rotatable bonds is 6. The summed E-state index contributed by atoms with van der Waals surface area (Å²) in [6.45, 7) is 11.7. The number of H-pyrrole nitrogens is 1. The first kappa shape index (κ1) is 23.3. The van der Waals surface area contributed by atoms with Gasteiger partial charge >= 0.3 is 0 Å². The molecule has 9 heteroatoms. The molecule has 1 aromatic carbocycles. The van der Waals surface area contributed by atoms with Crippen LogP contribution in [0.5, 0.6) is 0 Å². The molecule has 0 aliphatic heterocycles. The van der Waals surface area contributed by atoms with Crippen LogP contribution in [-0.2, 0) is 17.8 Å². The Morgan fingerprint density at radius 2 is 1.74 bits per heavy atom. The highest BCUT2D eigenvalue weighted by atomic mass is 16.2. The van der Waals surface area contributed by atoms with E-state index in [1.165, 1.54) is 0 Å². The number of hydrogen-bond donors (Lipinski definition) is 1. The van der Waals surface area contributed by atoms with Crippen LogP contribution in [0.4, 0.5) is 0 Å². The van der Waals surface area contributed by atoms with E-state index in [0.29, 0.717) is 22.7 Å². The number of nitrogens with zero attached hydrogens (tertiary/aromatic N) is 6. The fraction of sp³-hybridized carbons (Fsp3) is 0.360. The second-order valence-corrected chi connectivity index (χ2v) is 8.83. The summed E-state index contributed by atoms with van der Waals surface area (Å²) in [4.78, 5) is 44.0. The van der Waals surface area contributed by atoms with Crippen LogP contribution in [0.25, 0.3) is 16.9 Å². The Kier molecular flexibility index (Phi) is 6.28. The maximum absolute atomic E-state index is 13.4. The van der Waals surface area contributed by atoms with Crippen molar-refractivity contribution in [2.75, 3.05) is 0 Å². The van der Waals surface area contributed by atoms with Gasteiger partial charge in [-0.3, -0.25) is 9.59 Å². The number of hydrogen-bond acceptors (Lipinski definition) is 6. The minimum atomic E-state index is -0.210. The molecule has 0 saturated carbocycles. The van der Waals surface area contributed by atoms with E-state index < -0.39 is 0 Å². The van der Waals surface area contributed by atoms with E-state index in [2.05, 4.69) is 25.0 Å². The Morgan fingerprint density at radius 3 is 2.41 bits per heavy atom. The lowest BCUT2D eigenvalue weighted by molar-refractivity contribution is -0.133. The lowest BCUT2D eigenvalue weighted by Gasteiger charge is -2.26. The number of nitrogens with one attached hydrogen (secondary N) is 1. The number of aryl methyl sites for hydroxylation is 3. The van der Waals surface area contributed by atoms with Crippen LogP contribution < -0.4 is 5.56 Å². The summed E-state index contributed by atoms with van der Waals surface area (Å²) in [5.74, 6) is 0.881. The summed E-state index contributed by atoms with van der Waals surface area (Å²) in [7, 11) is 0. The molecule has 0 spiro atoms. The van der Waals surface area contributed by atoms with Gasteiger partial charge in [0.1, 0.15) is 5.82 Å². The van der Waals surface area contributed by atoms with E-state index in [4.69, 9.17) is 0 Å². The summed E-state index contributed by atoms with van der Waals surface area (Å²) >= 11 is 0. The lowest BCUT2D eigenvalue weighted by Crippen LogP contribution is -2.38. The Morgan fingerprint density at radius 1 is 1.06 bits per heavy atom. The van der Waals surface area contributed by atoms with Crippen molar-refractivity contribution in [3.8, 4) is 5.95 Å². The molecule has 0 fully saturated rings. The Balaban J connectivity index is 1.62. The SMILES string of the molecule is Cc1cc(C)nc(-n2nc(C)c(CC(=O)N(Cc3nc4ccccc4c(=O)[nH]3)C(C)C)c2C)n1. The number of aromatic amines is 1. The van der Waals surface area contributed by atoms with E-state index in [1.807, 2.05) is 53.7 Å². The largest absolute Gasteiger partial charge is 0.333 e. The third-order valence-electron chi connectivity index (χ3n) is 5.85. The van der Waals surface area contributed by atoms with Crippen LogP contribution >= 0.6 is 0 Å². The van der Waals surface area contributed by atoms with Crippen molar-refractivity contribution in [1.29, 1.82) is 0 Å². The fourth-order valence-corrected chi connectivity index (χ4v) is 4.11. The maximum atomic E-state index is 13.4. The molecule has 0 radical (unpaired) electrons. The Bertz CT molecular complexity index is 1410. The highest BCUT2D eigenvalue weighted by Crippen LogP contribution is 2.19. The topological polar surface area (TPSA) is 110 Å². The summed E-state index contributed by atoms with van der Waals surface area (Å²) in [5.41, 5.74) is 4.55. The molecule has 3 heterocycles. The van der Waals surface area contributed by atoms with Crippen molar-refractivity contribution in [3.05, 3.63) is 74.8 Å². The van der Waals surface area contributed by atoms with Crippen LogP contribution in [0.3, 0.4) is 0 Å². The van der Waals surface area contributed by atoms with Gasteiger partial charge in [0.05, 0.1) is 29.6 Å². The van der Waals surface area contributed by atoms with Gasteiger partial charge in [-0.1, -0.05) is 12.1 Å². The van der Waals surface area contributed by atoms with Gasteiger partial charge in [-0.15, -0.1) is 0 Å². The average Bonchev–Trinajstić information content (AvgIpc) is 3.05. The molecule has 1 N–H and O–H groups in total. The first-order valence-corrected chi connectivity index (χ1v) is 11.3. The van der Waals surface area contributed by atoms with Crippen molar-refractivity contribution in [2.24, 2.45) is 0 Å². The molecule has 9 nitrogen and oxygen atoms in total. The van der Waals surface area contributed by atoms with Gasteiger partial charge in [0.15, 0.2) is 0 Å². The van der Waals surface area contributed by atoms with Crippen LogP contribution in [0.2, 0.25) is 0 Å². The van der Waals surface area contributed by atoms with Crippen molar-refractivity contribution >= 4 is 16.8 Å². The van der Waals surface area contributed by atoms with E-state index in [1.54, 1.807) is 27.8 Å². The quantitative estimate of drug-likeness (QED) is 0.474. The van der Waals surface area contributed by atoms with Gasteiger partial charge in [0, 0.05) is 28.7 Å². The highest BCUT2D eigenvalue weighted by molar-refractivity contribution is 5.80. The fourth-order valence-electron chi connectivity index (χ4n) is 4.11. The van der Waals surface area contributed by atoms with Gasteiger partial charge in [-0.05, 0) is 59.7 Å². The van der Waals surface area contributed by atoms with Crippen molar-refractivity contribution in [1.82, 2.24) is 34.6 Å². The number of aromatic nitrogens is 6. The van der Waals surface area contributed by atoms with Gasteiger partial charge in [0.25, 0.3) is 11.5 Å². The molecule has 0 atom stereocenters. The first-order chi connectivity index (χ1) is 16.1. The van der Waals surface area contributed by atoms with Crippen molar-refractivity contribution in [3.63, 3.8) is 0 Å². The molecule has 0 bridgehead atoms. The smallest absolute Gasteiger partial charge is 0.258 e. The lowest BCUT2D eigenvalue weighted by atomic mass is 10.1. The predicted octanol–water partition coefficient (Wildman–Crippen LogP) is 3.11. The van der Waals surface area contributed by atoms with E-state index >= 15 is 0 Å². The molecule has 34 heavy (non-hydrogen) atoms. The predicted molar refractivity (Wildman–Crippen MR) is 130 cm³/mol. The number of amides is 1. The van der Waals surface area contributed by atoms with E-state index in [-0.39, 0.29) is 30.5 Å². The van der Waals surface area contributed by atoms with Gasteiger partial charge in [-0.2, -0.15) is 5.10 Å². The number of carbonyl (C=O) groups excluding carboxylic acids is 1. The molecule has 0 unspecified atom stereocenters. The van der Waals surface area contributed by atoms with Crippen LogP contribution in [0.1, 0.15) is 48.0 Å². The zero-order valence-electron chi connectivity index (χ0n) is 20.4. The van der Waals surface area contributed by atoms with Crippen LogP contribution in [0, 0.1) is 27.7 Å². The molecule has 0 aliphatic rings. The molecule has 0 saturated heterocycles. The minimum Gasteiger partial charge on any atom is -0.333 e. The number of fused-ring (bicyclic) bond motifs is 1. The summed E-state index contributed by atoms with van der Waals surface area (Å²) in [5, 5.41) is 5.14. The molecule has 0 aliphatic carbocycles. The van der Waals surface area contributed by atoms with Crippen LogP contribution in [-0.4, -0.2) is 46.6 Å². The number of para-hydroxylation sites is 1. The standard InChI is InChI=1S/C25H29N7O2/c1-14(2)31(13-22-28-21-10-8-7-9-19(21)24(34)29-22)23(33)12-20-17(5)30-32(18(20)6)25-26-15(3)11-16(4)27-25/h7-11,14H,12-13H2,1-6H3,(H,28,29,34). The Hall–Kier alpha value is -3.88. The van der Waals surface area contributed by atoms with Crippen LogP contribution in [0.15, 0.2) is 35.1 Å². The average molecular weight is 460 g/mol. The second-order valence-electron chi connectivity index (χ2n) is 8.83. The molecular weight excluding hydrogens is 430 g/mol. The van der Waals surface area contributed by atoms with E-state index in [0.717, 1.165) is 28.3 Å². The van der Waals surface area contributed by atoms with Gasteiger partial charge in [0.2, 0.25) is 5.91 Å². The third kappa shape index (κ3) is 4.59. The minimum absolute atomic E-state index is 0.0714. The monoisotopic (exact) mass is 459 g/mol. The number of benzene rings is 1. The zero-order valence-corrected chi connectivity index (χ0v) is 20.4. The first-order valence-electron chi connectivity index (χ1n) is 11.3. The molecule has 4 rings (SSSR count). The zero-order chi connectivity index (χ0) is 24.6. The van der Waals surface area contributed by atoms with Crippen molar-refractivity contribution in [2.45, 2.75) is 60.5 Å². The highest BCUT2D eigenvalue weighted by Gasteiger charge is 2.23. The molecule has 1 amide bonds. The summed E-state index contributed by atoms with van der Waals surface area (Å²) < 4.78 is 1.69. The molecule has 3 aromatic heterocycles. The second kappa shape index (κ2) is 9.17. The summed E-state index contributed by atoms with van der Waals surface area (Å²) in [6, 6.07) is 9.00.